The van der Waals surface area contributed by atoms with E-state index in [1.165, 1.54) is 12.1 Å². The normalized spacial score (nSPS) is 8.40. The Hall–Kier alpha value is -1.77. The van der Waals surface area contributed by atoms with Crippen LogP contribution in [-0.2, 0) is 0 Å². The minimum Gasteiger partial charge on any atom is -0.490 e. The van der Waals surface area contributed by atoms with E-state index in [0.717, 1.165) is 0 Å². The summed E-state index contributed by atoms with van der Waals surface area (Å²) >= 11 is 0. The maximum absolute atomic E-state index is 10.5. The van der Waals surface area contributed by atoms with Crippen molar-refractivity contribution < 1.29 is 14.6 Å². The Labute approximate surface area is 90.0 Å². The first-order valence-corrected chi connectivity index (χ1v) is 4.81. The molecule has 0 saturated heterocycles. The zero-order chi connectivity index (χ0) is 11.7. The molecule has 0 unspecified atom stereocenters. The molecule has 0 aliphatic rings. The number of ether oxygens (including phenoxy) is 1. The average Bonchev–Trinajstić information content (AvgIpc) is 2.29. The molecule has 0 spiro atoms. The SMILES string of the molecule is C=CCOc1ccc(C(=O)O)cc1.CC. The predicted molar refractivity (Wildman–Crippen MR) is 60.4 cm³/mol. The summed E-state index contributed by atoms with van der Waals surface area (Å²) in [6, 6.07) is 6.24. The zero-order valence-electron chi connectivity index (χ0n) is 9.06. The molecular weight excluding hydrogens is 192 g/mol. The van der Waals surface area contributed by atoms with Crippen molar-refractivity contribution in [2.24, 2.45) is 0 Å². The van der Waals surface area contributed by atoms with E-state index in [4.69, 9.17) is 9.84 Å². The lowest BCUT2D eigenvalue weighted by molar-refractivity contribution is 0.0697. The molecule has 0 aliphatic carbocycles. The largest absolute Gasteiger partial charge is 0.490 e. The molecule has 0 atom stereocenters. The predicted octanol–water partition coefficient (Wildman–Crippen LogP) is 2.98. The van der Waals surface area contributed by atoms with Crippen LogP contribution in [0.1, 0.15) is 24.2 Å². The van der Waals surface area contributed by atoms with Crippen LogP contribution in [0.15, 0.2) is 36.9 Å². The standard InChI is InChI=1S/C10H10O3.C2H6/c1-2-7-13-9-5-3-8(4-6-9)10(11)12;1-2/h2-6H,1,7H2,(H,11,12);1-2H3. The van der Waals surface area contributed by atoms with E-state index in [1.807, 2.05) is 13.8 Å². The van der Waals surface area contributed by atoms with Crippen LogP contribution >= 0.6 is 0 Å². The number of aromatic carboxylic acids is 1. The first kappa shape index (κ1) is 13.2. The molecular formula is C12H16O3. The van der Waals surface area contributed by atoms with Crippen LogP contribution in [0, 0.1) is 0 Å². The molecule has 0 aliphatic heterocycles. The van der Waals surface area contributed by atoms with E-state index in [2.05, 4.69) is 6.58 Å². The van der Waals surface area contributed by atoms with Gasteiger partial charge in [-0.25, -0.2) is 4.79 Å². The summed E-state index contributed by atoms with van der Waals surface area (Å²) in [7, 11) is 0. The van der Waals surface area contributed by atoms with Crippen LogP contribution in [0.3, 0.4) is 0 Å². The second-order valence-corrected chi connectivity index (χ2v) is 2.43. The van der Waals surface area contributed by atoms with Crippen molar-refractivity contribution in [2.75, 3.05) is 6.61 Å². The summed E-state index contributed by atoms with van der Waals surface area (Å²) in [4.78, 5) is 10.5. The molecule has 1 aromatic rings. The topological polar surface area (TPSA) is 46.5 Å². The summed E-state index contributed by atoms with van der Waals surface area (Å²) in [6.45, 7) is 7.93. The summed E-state index contributed by atoms with van der Waals surface area (Å²) in [5.41, 5.74) is 0.256. The molecule has 1 aromatic carbocycles. The molecule has 15 heavy (non-hydrogen) atoms. The number of hydrogen-bond acceptors (Lipinski definition) is 2. The Morgan fingerprint density at radius 2 is 1.93 bits per heavy atom. The highest BCUT2D eigenvalue weighted by Gasteiger charge is 2.00. The van der Waals surface area contributed by atoms with E-state index in [9.17, 15) is 4.79 Å². The number of rotatable bonds is 4. The van der Waals surface area contributed by atoms with Gasteiger partial charge in [-0.1, -0.05) is 26.5 Å². The Bertz CT molecular complexity index is 301. The number of carboxylic acid groups (broad SMARTS) is 1. The third-order valence-electron chi connectivity index (χ3n) is 1.47. The van der Waals surface area contributed by atoms with E-state index >= 15 is 0 Å². The average molecular weight is 208 g/mol. The van der Waals surface area contributed by atoms with Crippen molar-refractivity contribution in [3.05, 3.63) is 42.5 Å². The lowest BCUT2D eigenvalue weighted by Crippen LogP contribution is -1.97. The van der Waals surface area contributed by atoms with Crippen molar-refractivity contribution in [1.29, 1.82) is 0 Å². The number of carbonyl (C=O) groups is 1. The molecule has 0 heterocycles. The Morgan fingerprint density at radius 1 is 1.40 bits per heavy atom. The van der Waals surface area contributed by atoms with E-state index in [1.54, 1.807) is 18.2 Å². The summed E-state index contributed by atoms with van der Waals surface area (Å²) < 4.78 is 5.18. The minimum atomic E-state index is -0.935. The van der Waals surface area contributed by atoms with Crippen molar-refractivity contribution >= 4 is 5.97 Å². The smallest absolute Gasteiger partial charge is 0.335 e. The zero-order valence-corrected chi connectivity index (χ0v) is 9.06. The highest BCUT2D eigenvalue weighted by Crippen LogP contribution is 2.11. The van der Waals surface area contributed by atoms with Crippen molar-refractivity contribution in [2.45, 2.75) is 13.8 Å². The van der Waals surface area contributed by atoms with Crippen molar-refractivity contribution in [1.82, 2.24) is 0 Å². The molecule has 0 amide bonds. The van der Waals surface area contributed by atoms with Gasteiger partial charge >= 0.3 is 5.97 Å². The molecule has 1 rings (SSSR count). The fraction of sp³-hybridized carbons (Fsp3) is 0.250. The van der Waals surface area contributed by atoms with Gasteiger partial charge in [0.1, 0.15) is 12.4 Å². The van der Waals surface area contributed by atoms with Crippen molar-refractivity contribution in [3.8, 4) is 5.75 Å². The van der Waals surface area contributed by atoms with Crippen LogP contribution in [0.25, 0.3) is 0 Å². The lowest BCUT2D eigenvalue weighted by atomic mass is 10.2. The highest BCUT2D eigenvalue weighted by atomic mass is 16.5. The van der Waals surface area contributed by atoms with E-state index in [-0.39, 0.29) is 5.56 Å². The maximum atomic E-state index is 10.5. The van der Waals surface area contributed by atoms with Crippen LogP contribution in [0.2, 0.25) is 0 Å². The highest BCUT2D eigenvalue weighted by molar-refractivity contribution is 5.87. The van der Waals surface area contributed by atoms with Crippen molar-refractivity contribution in [3.63, 3.8) is 0 Å². The maximum Gasteiger partial charge on any atom is 0.335 e. The minimum absolute atomic E-state index is 0.256. The van der Waals surface area contributed by atoms with Gasteiger partial charge in [0.25, 0.3) is 0 Å². The molecule has 3 nitrogen and oxygen atoms in total. The van der Waals surface area contributed by atoms with E-state index < -0.39 is 5.97 Å². The number of carboxylic acids is 1. The van der Waals surface area contributed by atoms with Crippen LogP contribution in [0.5, 0.6) is 5.75 Å². The molecule has 1 N–H and O–H groups in total. The fourth-order valence-corrected chi connectivity index (χ4v) is 0.849. The summed E-state index contributed by atoms with van der Waals surface area (Å²) in [5.74, 6) is -0.292. The van der Waals surface area contributed by atoms with Crippen LogP contribution in [0.4, 0.5) is 0 Å². The van der Waals surface area contributed by atoms with E-state index in [0.29, 0.717) is 12.4 Å². The fourth-order valence-electron chi connectivity index (χ4n) is 0.849. The van der Waals surface area contributed by atoms with Crippen LogP contribution < -0.4 is 4.74 Å². The molecule has 3 heteroatoms. The molecule has 0 bridgehead atoms. The van der Waals surface area contributed by atoms with Gasteiger partial charge in [0, 0.05) is 0 Å². The molecule has 0 fully saturated rings. The third kappa shape index (κ3) is 4.86. The number of benzene rings is 1. The summed E-state index contributed by atoms with van der Waals surface area (Å²) in [6.07, 6.45) is 1.63. The van der Waals surface area contributed by atoms with Gasteiger partial charge in [0.2, 0.25) is 0 Å². The van der Waals surface area contributed by atoms with Gasteiger partial charge < -0.3 is 9.84 Å². The summed E-state index contributed by atoms with van der Waals surface area (Å²) in [5, 5.41) is 8.59. The van der Waals surface area contributed by atoms with Gasteiger partial charge in [0.05, 0.1) is 5.56 Å². The Kier molecular flexibility index (Phi) is 6.72. The third-order valence-corrected chi connectivity index (χ3v) is 1.47. The first-order chi connectivity index (χ1) is 7.24. The lowest BCUT2D eigenvalue weighted by Gasteiger charge is -2.02. The second-order valence-electron chi connectivity index (χ2n) is 2.43. The Morgan fingerprint density at radius 3 is 2.33 bits per heavy atom. The quantitative estimate of drug-likeness (QED) is 0.774. The monoisotopic (exact) mass is 208 g/mol. The van der Waals surface area contributed by atoms with Crippen LogP contribution in [-0.4, -0.2) is 17.7 Å². The van der Waals surface area contributed by atoms with Gasteiger partial charge in [-0.2, -0.15) is 0 Å². The molecule has 82 valence electrons. The first-order valence-electron chi connectivity index (χ1n) is 4.81. The Balaban J connectivity index is 0.000000921. The van der Waals surface area contributed by atoms with Gasteiger partial charge in [-0.15, -0.1) is 0 Å². The van der Waals surface area contributed by atoms with Gasteiger partial charge in [0.15, 0.2) is 0 Å². The van der Waals surface area contributed by atoms with Gasteiger partial charge in [-0.05, 0) is 24.3 Å². The number of hydrogen-bond donors (Lipinski definition) is 1. The molecule has 0 saturated carbocycles. The molecule has 0 aromatic heterocycles. The second kappa shape index (κ2) is 7.62. The molecule has 0 radical (unpaired) electrons. The van der Waals surface area contributed by atoms with Gasteiger partial charge in [-0.3, -0.25) is 0 Å².